The molecular weight excluding hydrogens is 253 g/mol. The third-order valence-electron chi connectivity index (χ3n) is 2.72. The molecule has 90 valence electrons. The molecule has 0 aliphatic carbocycles. The van der Waals surface area contributed by atoms with Gasteiger partial charge in [-0.15, -0.1) is 0 Å². The molecular formula is C14H9ClFNO. The molecule has 2 nitrogen and oxygen atoms in total. The van der Waals surface area contributed by atoms with Crippen LogP contribution in [-0.2, 0) is 0 Å². The third-order valence-corrected chi connectivity index (χ3v) is 3.01. The zero-order chi connectivity index (χ0) is 12.7. The van der Waals surface area contributed by atoms with E-state index in [9.17, 15) is 4.39 Å². The van der Waals surface area contributed by atoms with Crippen LogP contribution in [0.4, 0.5) is 10.1 Å². The fraction of sp³-hybridized carbons (Fsp3) is 0.0714. The maximum Gasteiger partial charge on any atom is 0.156 e. The normalized spacial score (nSPS) is 12.9. The van der Waals surface area contributed by atoms with Crippen molar-refractivity contribution in [1.29, 1.82) is 0 Å². The molecule has 1 heterocycles. The van der Waals surface area contributed by atoms with Crippen molar-refractivity contribution in [3.8, 4) is 11.5 Å². The van der Waals surface area contributed by atoms with E-state index in [4.69, 9.17) is 16.3 Å². The summed E-state index contributed by atoms with van der Waals surface area (Å²) in [7, 11) is 0. The molecule has 0 fully saturated rings. The number of nitrogens with zero attached hydrogens (tertiary/aromatic N) is 1. The van der Waals surface area contributed by atoms with Gasteiger partial charge in [0, 0.05) is 6.07 Å². The van der Waals surface area contributed by atoms with Crippen molar-refractivity contribution in [1.82, 2.24) is 0 Å². The average molecular weight is 262 g/mol. The quantitative estimate of drug-likeness (QED) is 0.681. The number of ether oxygens (including phenoxy) is 1. The summed E-state index contributed by atoms with van der Waals surface area (Å²) in [6, 6.07) is 9.81. The predicted molar refractivity (Wildman–Crippen MR) is 69.7 cm³/mol. The molecule has 2 aromatic carbocycles. The number of benzene rings is 2. The summed E-state index contributed by atoms with van der Waals surface area (Å²) in [6.45, 7) is 1.95. The van der Waals surface area contributed by atoms with Gasteiger partial charge < -0.3 is 4.74 Å². The first kappa shape index (κ1) is 11.2. The summed E-state index contributed by atoms with van der Waals surface area (Å²) in [6.07, 6.45) is 0. The highest BCUT2D eigenvalue weighted by molar-refractivity contribution is 6.70. The van der Waals surface area contributed by atoms with Gasteiger partial charge in [-0.3, -0.25) is 0 Å². The molecule has 0 saturated carbocycles. The summed E-state index contributed by atoms with van der Waals surface area (Å²) < 4.78 is 18.9. The van der Waals surface area contributed by atoms with E-state index >= 15 is 0 Å². The van der Waals surface area contributed by atoms with Crippen molar-refractivity contribution in [2.75, 3.05) is 0 Å². The van der Waals surface area contributed by atoms with Crippen molar-refractivity contribution >= 4 is 22.5 Å². The van der Waals surface area contributed by atoms with E-state index in [0.29, 0.717) is 27.9 Å². The fourth-order valence-corrected chi connectivity index (χ4v) is 2.08. The first-order valence-electron chi connectivity index (χ1n) is 5.46. The number of rotatable bonds is 0. The lowest BCUT2D eigenvalue weighted by Crippen LogP contribution is -1.93. The third kappa shape index (κ3) is 1.87. The molecule has 0 N–H and O–H groups in total. The number of hydrogen-bond acceptors (Lipinski definition) is 2. The molecule has 18 heavy (non-hydrogen) atoms. The largest absolute Gasteiger partial charge is 0.454 e. The van der Waals surface area contributed by atoms with E-state index in [1.807, 2.05) is 25.1 Å². The second-order valence-corrected chi connectivity index (χ2v) is 4.47. The summed E-state index contributed by atoms with van der Waals surface area (Å²) >= 11 is 6.15. The van der Waals surface area contributed by atoms with Crippen molar-refractivity contribution in [2.24, 2.45) is 4.99 Å². The van der Waals surface area contributed by atoms with E-state index in [-0.39, 0.29) is 5.82 Å². The second-order valence-electron chi connectivity index (χ2n) is 4.12. The molecule has 1 aliphatic rings. The SMILES string of the molecule is Cc1ccc2c(c1)Oc1cc(F)ccc1N=C2Cl. The minimum absolute atomic E-state index is 0.343. The number of hydrogen-bond donors (Lipinski definition) is 0. The zero-order valence-electron chi connectivity index (χ0n) is 9.58. The Kier molecular flexibility index (Phi) is 2.56. The highest BCUT2D eigenvalue weighted by Gasteiger charge is 2.17. The van der Waals surface area contributed by atoms with E-state index in [1.54, 1.807) is 6.07 Å². The van der Waals surface area contributed by atoms with Gasteiger partial charge >= 0.3 is 0 Å². The van der Waals surface area contributed by atoms with Crippen molar-refractivity contribution in [3.05, 3.63) is 53.3 Å². The number of fused-ring (bicyclic) bond motifs is 2. The lowest BCUT2D eigenvalue weighted by Gasteiger charge is -2.08. The van der Waals surface area contributed by atoms with Crippen LogP contribution in [0.5, 0.6) is 11.5 Å². The number of aliphatic imine (C=N–C) groups is 1. The molecule has 0 spiro atoms. The lowest BCUT2D eigenvalue weighted by atomic mass is 10.1. The Labute approximate surface area is 109 Å². The van der Waals surface area contributed by atoms with E-state index in [0.717, 1.165) is 5.56 Å². The topological polar surface area (TPSA) is 21.6 Å². The minimum atomic E-state index is -0.365. The summed E-state index contributed by atoms with van der Waals surface area (Å²) in [5.41, 5.74) is 2.27. The van der Waals surface area contributed by atoms with Crippen LogP contribution in [0.15, 0.2) is 41.4 Å². The fourth-order valence-electron chi connectivity index (χ4n) is 1.83. The van der Waals surface area contributed by atoms with Crippen LogP contribution in [0.2, 0.25) is 0 Å². The van der Waals surface area contributed by atoms with Crippen LogP contribution in [0.25, 0.3) is 0 Å². The predicted octanol–water partition coefficient (Wildman–Crippen LogP) is 4.56. The van der Waals surface area contributed by atoms with Gasteiger partial charge in [0.15, 0.2) is 5.75 Å². The molecule has 3 rings (SSSR count). The monoisotopic (exact) mass is 261 g/mol. The first-order valence-corrected chi connectivity index (χ1v) is 5.84. The van der Waals surface area contributed by atoms with Gasteiger partial charge in [-0.25, -0.2) is 9.38 Å². The highest BCUT2D eigenvalue weighted by Crippen LogP contribution is 2.38. The highest BCUT2D eigenvalue weighted by atomic mass is 35.5. The van der Waals surface area contributed by atoms with E-state index in [2.05, 4.69) is 4.99 Å². The second kappa shape index (κ2) is 4.10. The summed E-state index contributed by atoms with van der Waals surface area (Å²) in [4.78, 5) is 4.24. The van der Waals surface area contributed by atoms with Crippen LogP contribution < -0.4 is 4.74 Å². The molecule has 0 unspecified atom stereocenters. The molecule has 1 aliphatic heterocycles. The Morgan fingerprint density at radius 3 is 2.78 bits per heavy atom. The van der Waals surface area contributed by atoms with Crippen LogP contribution in [-0.4, -0.2) is 5.17 Å². The van der Waals surface area contributed by atoms with Crippen LogP contribution >= 0.6 is 11.6 Å². The molecule has 0 atom stereocenters. The van der Waals surface area contributed by atoms with Crippen molar-refractivity contribution in [2.45, 2.75) is 6.92 Å². The van der Waals surface area contributed by atoms with Crippen molar-refractivity contribution < 1.29 is 9.13 Å². The number of aryl methyl sites for hydroxylation is 1. The maximum absolute atomic E-state index is 13.2. The van der Waals surface area contributed by atoms with Gasteiger partial charge in [-0.2, -0.15) is 0 Å². The summed E-state index contributed by atoms with van der Waals surface area (Å²) in [5, 5.41) is 0.343. The Morgan fingerprint density at radius 1 is 1.11 bits per heavy atom. The van der Waals surface area contributed by atoms with Crippen LogP contribution in [0, 0.1) is 12.7 Å². The molecule has 2 aromatic rings. The maximum atomic E-state index is 13.2. The van der Waals surface area contributed by atoms with E-state index in [1.165, 1.54) is 12.1 Å². The van der Waals surface area contributed by atoms with Crippen molar-refractivity contribution in [3.63, 3.8) is 0 Å². The van der Waals surface area contributed by atoms with Crippen LogP contribution in [0.3, 0.4) is 0 Å². The van der Waals surface area contributed by atoms with Gasteiger partial charge in [0.1, 0.15) is 22.4 Å². The summed E-state index contributed by atoms with van der Waals surface area (Å²) in [5.74, 6) is 0.599. The van der Waals surface area contributed by atoms with Gasteiger partial charge in [-0.05, 0) is 36.8 Å². The molecule has 0 bridgehead atoms. The molecule has 0 aromatic heterocycles. The molecule has 0 radical (unpaired) electrons. The average Bonchev–Trinajstić information content (AvgIpc) is 2.44. The Hall–Kier alpha value is -1.87. The van der Waals surface area contributed by atoms with Crippen LogP contribution in [0.1, 0.15) is 11.1 Å². The molecule has 0 saturated heterocycles. The smallest absolute Gasteiger partial charge is 0.156 e. The number of halogens is 2. The Morgan fingerprint density at radius 2 is 1.94 bits per heavy atom. The standard InChI is InChI=1S/C14H9ClFNO/c1-8-2-4-10-12(6-8)18-13-7-9(16)3-5-11(13)17-14(10)15/h2-7H,1H3. The Bertz CT molecular complexity index is 667. The van der Waals surface area contributed by atoms with Gasteiger partial charge in [-0.1, -0.05) is 17.7 Å². The zero-order valence-corrected chi connectivity index (χ0v) is 10.3. The Balaban J connectivity index is 2.23. The minimum Gasteiger partial charge on any atom is -0.454 e. The van der Waals surface area contributed by atoms with Gasteiger partial charge in [0.2, 0.25) is 0 Å². The molecule has 0 amide bonds. The molecule has 4 heteroatoms. The van der Waals surface area contributed by atoms with E-state index < -0.39 is 0 Å². The van der Waals surface area contributed by atoms with Gasteiger partial charge in [0.05, 0.1) is 5.56 Å². The van der Waals surface area contributed by atoms with Gasteiger partial charge in [0.25, 0.3) is 0 Å². The first-order chi connectivity index (χ1) is 8.63. The lowest BCUT2D eigenvalue weighted by molar-refractivity contribution is 0.478.